The van der Waals surface area contributed by atoms with Crippen LogP contribution in [0.25, 0.3) is 0 Å². The zero-order valence-corrected chi connectivity index (χ0v) is 15.0. The number of hydrogen-bond acceptors (Lipinski definition) is 5. The number of ether oxygens (including phenoxy) is 1. The zero-order chi connectivity index (χ0) is 19.7. The maximum atomic E-state index is 12.8. The predicted octanol–water partition coefficient (Wildman–Crippen LogP) is 2.40. The fraction of sp³-hybridized carbons (Fsp3) is 0.421. The van der Waals surface area contributed by atoms with Gasteiger partial charge in [0.05, 0.1) is 5.92 Å². The number of carbonyl (C=O) groups is 1. The Balaban J connectivity index is 1.38. The number of carbonyl (C=O) groups excluding carboxylic acids is 1. The first-order chi connectivity index (χ1) is 13.4. The van der Waals surface area contributed by atoms with Gasteiger partial charge in [-0.15, -0.1) is 0 Å². The van der Waals surface area contributed by atoms with E-state index in [-0.39, 0.29) is 17.6 Å². The summed E-state index contributed by atoms with van der Waals surface area (Å²) >= 11 is 0. The van der Waals surface area contributed by atoms with Crippen LogP contribution >= 0.6 is 0 Å². The molecule has 6 nitrogen and oxygen atoms in total. The summed E-state index contributed by atoms with van der Waals surface area (Å²) in [4.78, 5) is 23.6. The van der Waals surface area contributed by atoms with Gasteiger partial charge in [-0.3, -0.25) is 4.79 Å². The van der Waals surface area contributed by atoms with E-state index in [9.17, 15) is 18.0 Å². The number of rotatable bonds is 2. The van der Waals surface area contributed by atoms with Gasteiger partial charge < -0.3 is 14.5 Å². The molecule has 1 fully saturated rings. The van der Waals surface area contributed by atoms with Crippen molar-refractivity contribution in [3.63, 3.8) is 0 Å². The summed E-state index contributed by atoms with van der Waals surface area (Å²) < 4.78 is 44.2. The van der Waals surface area contributed by atoms with E-state index in [0.29, 0.717) is 39.2 Å². The molecule has 1 aromatic heterocycles. The van der Waals surface area contributed by atoms with E-state index in [1.807, 2.05) is 24.3 Å². The molecule has 0 aliphatic carbocycles. The fourth-order valence-electron chi connectivity index (χ4n) is 3.58. The third-order valence-electron chi connectivity index (χ3n) is 5.09. The molecule has 0 radical (unpaired) electrons. The van der Waals surface area contributed by atoms with Crippen molar-refractivity contribution in [1.29, 1.82) is 0 Å². The topological polar surface area (TPSA) is 58.6 Å². The summed E-state index contributed by atoms with van der Waals surface area (Å²) in [5.41, 5.74) is 0.0560. The molecule has 2 aliphatic heterocycles. The number of amides is 1. The number of fused-ring (bicyclic) bond motifs is 1. The first-order valence-corrected chi connectivity index (χ1v) is 9.05. The van der Waals surface area contributed by atoms with Gasteiger partial charge in [0.25, 0.3) is 0 Å². The summed E-state index contributed by atoms with van der Waals surface area (Å²) in [7, 11) is 0. The first kappa shape index (κ1) is 18.5. The van der Waals surface area contributed by atoms with Crippen molar-refractivity contribution in [1.82, 2.24) is 14.9 Å². The van der Waals surface area contributed by atoms with Crippen LogP contribution in [0.5, 0.6) is 5.75 Å². The van der Waals surface area contributed by atoms with Crippen molar-refractivity contribution in [3.8, 4) is 5.75 Å². The van der Waals surface area contributed by atoms with E-state index in [1.54, 1.807) is 9.80 Å². The number of hydrogen-bond donors (Lipinski definition) is 0. The van der Waals surface area contributed by atoms with Gasteiger partial charge in [0.1, 0.15) is 30.2 Å². The molecule has 1 saturated heterocycles. The predicted molar refractivity (Wildman–Crippen MR) is 95.0 cm³/mol. The number of piperazine rings is 1. The van der Waals surface area contributed by atoms with Crippen molar-refractivity contribution in [2.75, 3.05) is 37.7 Å². The van der Waals surface area contributed by atoms with Gasteiger partial charge in [-0.2, -0.15) is 13.2 Å². The minimum atomic E-state index is -4.51. The van der Waals surface area contributed by atoms with Crippen LogP contribution in [0.3, 0.4) is 0 Å². The van der Waals surface area contributed by atoms with E-state index in [0.717, 1.165) is 23.7 Å². The highest BCUT2D eigenvalue weighted by molar-refractivity contribution is 5.80. The van der Waals surface area contributed by atoms with Crippen LogP contribution in [-0.4, -0.2) is 53.6 Å². The van der Waals surface area contributed by atoms with Gasteiger partial charge in [-0.1, -0.05) is 18.2 Å². The molecular weight excluding hydrogens is 373 g/mol. The first-order valence-electron chi connectivity index (χ1n) is 9.05. The van der Waals surface area contributed by atoms with Crippen molar-refractivity contribution in [2.24, 2.45) is 5.92 Å². The Kier molecular flexibility index (Phi) is 4.82. The van der Waals surface area contributed by atoms with E-state index < -0.39 is 11.9 Å². The number of para-hydroxylation sites is 1. The standard InChI is InChI=1S/C19H19F3N4O2/c20-19(21,22)16-10-17(24-12-23-16)25-5-7-26(8-6-25)18(27)14-9-13-3-1-2-4-15(13)28-11-14/h1-4,10,12,14H,5-9,11H2. The number of benzene rings is 1. The second-order valence-corrected chi connectivity index (χ2v) is 6.89. The number of nitrogens with zero attached hydrogens (tertiary/aromatic N) is 4. The summed E-state index contributed by atoms with van der Waals surface area (Å²) in [5.74, 6) is 0.829. The SMILES string of the molecule is O=C(C1COc2ccccc2C1)N1CCN(c2cc(C(F)(F)F)ncn2)CC1. The third-order valence-corrected chi connectivity index (χ3v) is 5.09. The monoisotopic (exact) mass is 392 g/mol. The highest BCUT2D eigenvalue weighted by Crippen LogP contribution is 2.30. The number of anilines is 1. The molecule has 2 aliphatic rings. The van der Waals surface area contributed by atoms with Crippen LogP contribution in [0, 0.1) is 5.92 Å². The Morgan fingerprint density at radius 2 is 1.86 bits per heavy atom. The van der Waals surface area contributed by atoms with E-state index >= 15 is 0 Å². The largest absolute Gasteiger partial charge is 0.492 e. The average molecular weight is 392 g/mol. The Labute approximate surface area is 159 Å². The van der Waals surface area contributed by atoms with Gasteiger partial charge in [0.15, 0.2) is 0 Å². The molecule has 2 aromatic rings. The Morgan fingerprint density at radius 1 is 1.11 bits per heavy atom. The summed E-state index contributed by atoms with van der Waals surface area (Å²) in [6.07, 6.45) is -2.95. The second-order valence-electron chi connectivity index (χ2n) is 6.89. The molecule has 1 aromatic carbocycles. The molecule has 148 valence electrons. The van der Waals surface area contributed by atoms with Gasteiger partial charge in [0, 0.05) is 32.2 Å². The minimum absolute atomic E-state index is 0.0211. The molecule has 4 rings (SSSR count). The maximum Gasteiger partial charge on any atom is 0.433 e. The molecule has 1 amide bonds. The Hall–Kier alpha value is -2.84. The summed E-state index contributed by atoms with van der Waals surface area (Å²) in [5, 5.41) is 0. The quantitative estimate of drug-likeness (QED) is 0.786. The van der Waals surface area contributed by atoms with Crippen LogP contribution in [0.1, 0.15) is 11.3 Å². The summed E-state index contributed by atoms with van der Waals surface area (Å²) in [6, 6.07) is 8.62. The normalized spacial score (nSPS) is 19.8. The third kappa shape index (κ3) is 3.74. The van der Waals surface area contributed by atoms with E-state index in [1.165, 1.54) is 0 Å². The van der Waals surface area contributed by atoms with E-state index in [2.05, 4.69) is 9.97 Å². The van der Waals surface area contributed by atoms with Gasteiger partial charge in [-0.25, -0.2) is 9.97 Å². The van der Waals surface area contributed by atoms with Crippen LogP contribution in [0.4, 0.5) is 19.0 Å². The number of halogens is 3. The van der Waals surface area contributed by atoms with Crippen LogP contribution in [0.15, 0.2) is 36.7 Å². The van der Waals surface area contributed by atoms with Gasteiger partial charge >= 0.3 is 6.18 Å². The molecule has 28 heavy (non-hydrogen) atoms. The van der Waals surface area contributed by atoms with Crippen molar-refractivity contribution < 1.29 is 22.7 Å². The lowest BCUT2D eigenvalue weighted by atomic mass is 9.95. The molecule has 9 heteroatoms. The molecule has 1 atom stereocenters. The lowest BCUT2D eigenvalue weighted by molar-refractivity contribution is -0.141. The maximum absolute atomic E-state index is 12.8. The highest BCUT2D eigenvalue weighted by Gasteiger charge is 2.34. The highest BCUT2D eigenvalue weighted by atomic mass is 19.4. The Bertz CT molecular complexity index is 866. The number of aromatic nitrogens is 2. The van der Waals surface area contributed by atoms with Gasteiger partial charge in [-0.05, 0) is 18.1 Å². The van der Waals surface area contributed by atoms with Gasteiger partial charge in [0.2, 0.25) is 5.91 Å². The summed E-state index contributed by atoms with van der Waals surface area (Å²) in [6.45, 7) is 2.05. The molecule has 3 heterocycles. The van der Waals surface area contributed by atoms with Crippen molar-refractivity contribution in [2.45, 2.75) is 12.6 Å². The molecule has 1 unspecified atom stereocenters. The number of alkyl halides is 3. The van der Waals surface area contributed by atoms with Crippen LogP contribution < -0.4 is 9.64 Å². The average Bonchev–Trinajstić information content (AvgIpc) is 2.72. The molecule has 0 bridgehead atoms. The molecular formula is C19H19F3N4O2. The lowest BCUT2D eigenvalue weighted by Crippen LogP contribution is -2.52. The van der Waals surface area contributed by atoms with Crippen LogP contribution in [0.2, 0.25) is 0 Å². The molecule has 0 spiro atoms. The van der Waals surface area contributed by atoms with Crippen LogP contribution in [-0.2, 0) is 17.4 Å². The van der Waals surface area contributed by atoms with Crippen molar-refractivity contribution in [3.05, 3.63) is 47.9 Å². The molecule has 0 saturated carbocycles. The lowest BCUT2D eigenvalue weighted by Gasteiger charge is -2.37. The zero-order valence-electron chi connectivity index (χ0n) is 15.0. The fourth-order valence-corrected chi connectivity index (χ4v) is 3.58. The Morgan fingerprint density at radius 3 is 2.61 bits per heavy atom. The van der Waals surface area contributed by atoms with E-state index in [4.69, 9.17) is 4.74 Å². The smallest absolute Gasteiger partial charge is 0.433 e. The molecule has 0 N–H and O–H groups in total. The van der Waals surface area contributed by atoms with Crippen molar-refractivity contribution >= 4 is 11.7 Å². The second kappa shape index (κ2) is 7.29. The minimum Gasteiger partial charge on any atom is -0.492 e.